The maximum atomic E-state index is 12.6. The fourth-order valence-electron chi connectivity index (χ4n) is 1.92. The highest BCUT2D eigenvalue weighted by Crippen LogP contribution is 2.30. The maximum Gasteiger partial charge on any atom is 0.417 e. The zero-order chi connectivity index (χ0) is 14.3. The number of rotatable bonds is 1. The highest BCUT2D eigenvalue weighted by molar-refractivity contribution is 6.30. The molecule has 0 radical (unpaired) electrons. The van der Waals surface area contributed by atoms with Gasteiger partial charge in [-0.25, -0.2) is 4.52 Å². The van der Waals surface area contributed by atoms with Crippen molar-refractivity contribution in [3.8, 4) is 11.3 Å². The van der Waals surface area contributed by atoms with Crippen LogP contribution in [-0.4, -0.2) is 9.61 Å². The van der Waals surface area contributed by atoms with Gasteiger partial charge in [0.25, 0.3) is 0 Å². The summed E-state index contributed by atoms with van der Waals surface area (Å²) in [4.78, 5) is 0. The molecule has 102 valence electrons. The van der Waals surface area contributed by atoms with Gasteiger partial charge >= 0.3 is 6.18 Å². The molecule has 6 heteroatoms. The van der Waals surface area contributed by atoms with E-state index in [4.69, 9.17) is 11.6 Å². The van der Waals surface area contributed by atoms with Crippen molar-refractivity contribution in [2.45, 2.75) is 6.18 Å². The summed E-state index contributed by atoms with van der Waals surface area (Å²) in [5.74, 6) is 0. The molecule has 0 fully saturated rings. The Morgan fingerprint density at radius 2 is 1.70 bits per heavy atom. The van der Waals surface area contributed by atoms with Gasteiger partial charge in [0, 0.05) is 16.8 Å². The molecule has 3 aromatic rings. The van der Waals surface area contributed by atoms with Crippen molar-refractivity contribution in [2.24, 2.45) is 0 Å². The van der Waals surface area contributed by atoms with E-state index in [1.807, 2.05) is 0 Å². The van der Waals surface area contributed by atoms with Crippen molar-refractivity contribution < 1.29 is 13.2 Å². The zero-order valence-corrected chi connectivity index (χ0v) is 10.8. The van der Waals surface area contributed by atoms with Gasteiger partial charge in [-0.3, -0.25) is 0 Å². The summed E-state index contributed by atoms with van der Waals surface area (Å²) in [6.45, 7) is 0. The molecular weight excluding hydrogens is 289 g/mol. The van der Waals surface area contributed by atoms with Gasteiger partial charge in [0.05, 0.1) is 16.8 Å². The maximum absolute atomic E-state index is 12.6. The van der Waals surface area contributed by atoms with Gasteiger partial charge in [-0.05, 0) is 30.3 Å². The van der Waals surface area contributed by atoms with Gasteiger partial charge in [-0.15, -0.1) is 0 Å². The topological polar surface area (TPSA) is 17.3 Å². The van der Waals surface area contributed by atoms with Crippen LogP contribution in [0.3, 0.4) is 0 Å². The minimum atomic E-state index is -4.37. The Bertz CT molecular complexity index is 760. The highest BCUT2D eigenvalue weighted by atomic mass is 35.5. The van der Waals surface area contributed by atoms with E-state index in [1.54, 1.807) is 30.3 Å². The lowest BCUT2D eigenvalue weighted by Crippen LogP contribution is -2.06. The minimum Gasteiger partial charge on any atom is -0.240 e. The molecule has 0 saturated carbocycles. The molecule has 0 N–H and O–H groups in total. The Labute approximate surface area is 117 Å². The molecule has 0 spiro atoms. The molecule has 20 heavy (non-hydrogen) atoms. The number of aromatic nitrogens is 2. The largest absolute Gasteiger partial charge is 0.417 e. The second-order valence-corrected chi connectivity index (χ2v) is 4.76. The lowest BCUT2D eigenvalue weighted by atomic mass is 10.1. The lowest BCUT2D eigenvalue weighted by Gasteiger charge is -2.05. The molecule has 0 bridgehead atoms. The van der Waals surface area contributed by atoms with Crippen LogP contribution in [0.5, 0.6) is 0 Å². The number of hydrogen-bond donors (Lipinski definition) is 0. The molecule has 0 unspecified atom stereocenters. The second-order valence-electron chi connectivity index (χ2n) is 4.32. The number of nitrogens with zero attached hydrogens (tertiary/aromatic N) is 2. The second kappa shape index (κ2) is 4.52. The van der Waals surface area contributed by atoms with Gasteiger partial charge in [0.2, 0.25) is 0 Å². The molecule has 0 atom stereocenters. The Hall–Kier alpha value is -2.01. The van der Waals surface area contributed by atoms with E-state index in [-0.39, 0.29) is 0 Å². The van der Waals surface area contributed by atoms with Gasteiger partial charge in [-0.2, -0.15) is 18.3 Å². The molecule has 1 aromatic carbocycles. The van der Waals surface area contributed by atoms with E-state index in [0.717, 1.165) is 17.8 Å². The lowest BCUT2D eigenvalue weighted by molar-refractivity contribution is -0.137. The normalized spacial score (nSPS) is 12.0. The number of benzene rings is 1. The van der Waals surface area contributed by atoms with Crippen LogP contribution in [0, 0.1) is 0 Å². The Kier molecular flexibility index (Phi) is 2.94. The van der Waals surface area contributed by atoms with Crippen LogP contribution in [0.25, 0.3) is 16.8 Å². The summed E-state index contributed by atoms with van der Waals surface area (Å²) in [6, 6.07) is 11.1. The average Bonchev–Trinajstić information content (AvgIpc) is 2.81. The number of hydrogen-bond acceptors (Lipinski definition) is 1. The predicted molar refractivity (Wildman–Crippen MR) is 70.6 cm³/mol. The summed E-state index contributed by atoms with van der Waals surface area (Å²) >= 11 is 5.80. The number of pyridine rings is 1. The molecule has 2 aromatic heterocycles. The van der Waals surface area contributed by atoms with Crippen LogP contribution in [0.15, 0.2) is 48.7 Å². The zero-order valence-electron chi connectivity index (χ0n) is 10.0. The Morgan fingerprint density at radius 3 is 2.35 bits per heavy atom. The van der Waals surface area contributed by atoms with E-state index in [1.165, 1.54) is 10.6 Å². The first kappa shape index (κ1) is 13.0. The molecule has 0 aliphatic heterocycles. The summed E-state index contributed by atoms with van der Waals surface area (Å²) < 4.78 is 39.1. The minimum absolute atomic E-state index is 0.594. The number of halogens is 4. The standard InChI is InChI=1S/C14H8ClF3N2/c15-11-4-1-9(2-5-11)13-7-12-6-3-10(14(16,17)18)8-20(12)19-13/h1-8H. The third-order valence-corrected chi connectivity index (χ3v) is 3.18. The van der Waals surface area contributed by atoms with Crippen molar-refractivity contribution in [1.29, 1.82) is 0 Å². The van der Waals surface area contributed by atoms with Gasteiger partial charge < -0.3 is 0 Å². The molecule has 2 heterocycles. The van der Waals surface area contributed by atoms with Crippen LogP contribution in [-0.2, 0) is 6.18 Å². The van der Waals surface area contributed by atoms with Crippen LogP contribution in [0.2, 0.25) is 5.02 Å². The summed E-state index contributed by atoms with van der Waals surface area (Å²) in [6.07, 6.45) is -3.39. The van der Waals surface area contributed by atoms with E-state index in [0.29, 0.717) is 16.2 Å². The van der Waals surface area contributed by atoms with E-state index >= 15 is 0 Å². The fourth-order valence-corrected chi connectivity index (χ4v) is 2.04. The molecule has 0 aliphatic carbocycles. The van der Waals surface area contributed by atoms with Crippen molar-refractivity contribution in [1.82, 2.24) is 9.61 Å². The van der Waals surface area contributed by atoms with Crippen molar-refractivity contribution in [2.75, 3.05) is 0 Å². The van der Waals surface area contributed by atoms with Gasteiger partial charge in [-0.1, -0.05) is 23.7 Å². The van der Waals surface area contributed by atoms with Crippen molar-refractivity contribution in [3.05, 3.63) is 59.2 Å². The van der Waals surface area contributed by atoms with Crippen LogP contribution in [0.1, 0.15) is 5.56 Å². The van der Waals surface area contributed by atoms with Crippen molar-refractivity contribution in [3.63, 3.8) is 0 Å². The first-order chi connectivity index (χ1) is 9.43. The Balaban J connectivity index is 2.09. The van der Waals surface area contributed by atoms with E-state index < -0.39 is 11.7 Å². The van der Waals surface area contributed by atoms with Crippen molar-refractivity contribution >= 4 is 17.1 Å². The number of alkyl halides is 3. The first-order valence-electron chi connectivity index (χ1n) is 5.76. The third-order valence-electron chi connectivity index (χ3n) is 2.93. The van der Waals surface area contributed by atoms with Gasteiger partial charge in [0.15, 0.2) is 0 Å². The van der Waals surface area contributed by atoms with Gasteiger partial charge in [0.1, 0.15) is 0 Å². The molecular formula is C14H8ClF3N2. The highest BCUT2D eigenvalue weighted by Gasteiger charge is 2.30. The quantitative estimate of drug-likeness (QED) is 0.637. The fraction of sp³-hybridized carbons (Fsp3) is 0.0714. The molecule has 0 saturated heterocycles. The summed E-state index contributed by atoms with van der Waals surface area (Å²) in [5.41, 5.74) is 1.27. The molecule has 3 rings (SSSR count). The first-order valence-corrected chi connectivity index (χ1v) is 6.14. The monoisotopic (exact) mass is 296 g/mol. The average molecular weight is 297 g/mol. The molecule has 0 amide bonds. The smallest absolute Gasteiger partial charge is 0.240 e. The summed E-state index contributed by atoms with van der Waals surface area (Å²) in [7, 11) is 0. The SMILES string of the molecule is FC(F)(F)c1ccc2cc(-c3ccc(Cl)cc3)nn2c1. The Morgan fingerprint density at radius 1 is 1.00 bits per heavy atom. The van der Waals surface area contributed by atoms with Crippen LogP contribution < -0.4 is 0 Å². The predicted octanol–water partition coefficient (Wildman–Crippen LogP) is 4.67. The van der Waals surface area contributed by atoms with Crippen LogP contribution >= 0.6 is 11.6 Å². The van der Waals surface area contributed by atoms with E-state index in [9.17, 15) is 13.2 Å². The molecule has 2 nitrogen and oxygen atoms in total. The van der Waals surface area contributed by atoms with Crippen LogP contribution in [0.4, 0.5) is 13.2 Å². The van der Waals surface area contributed by atoms with E-state index in [2.05, 4.69) is 5.10 Å². The molecule has 0 aliphatic rings. The summed E-state index contributed by atoms with van der Waals surface area (Å²) in [5, 5.41) is 4.75. The third kappa shape index (κ3) is 2.36. The number of fused-ring (bicyclic) bond motifs is 1.